The minimum Gasteiger partial charge on any atom is -0.504 e. The molecule has 0 saturated carbocycles. The van der Waals surface area contributed by atoms with Crippen LogP contribution in [0.25, 0.3) is 0 Å². The number of ether oxygens (including phenoxy) is 1. The third-order valence-electron chi connectivity index (χ3n) is 1.49. The fourth-order valence-electron chi connectivity index (χ4n) is 0.839. The van der Waals surface area contributed by atoms with Crippen LogP contribution in [0.4, 0.5) is 4.39 Å². The van der Waals surface area contributed by atoms with E-state index in [4.69, 9.17) is 0 Å². The summed E-state index contributed by atoms with van der Waals surface area (Å²) in [4.78, 5) is 0. The second-order valence-electron chi connectivity index (χ2n) is 2.25. The topological polar surface area (TPSA) is 29.5 Å². The minimum absolute atomic E-state index is 0.0926. The van der Waals surface area contributed by atoms with Crippen LogP contribution in [0.15, 0.2) is 12.1 Å². The molecule has 0 bridgehead atoms. The van der Waals surface area contributed by atoms with Crippen LogP contribution in [-0.2, 0) is 0 Å². The molecule has 0 aliphatic carbocycles. The molecule has 1 N–H and O–H groups in total. The Labute approximate surface area is 64.2 Å². The predicted octanol–water partition coefficient (Wildman–Crippen LogP) is 1.85. The van der Waals surface area contributed by atoms with E-state index in [1.54, 1.807) is 6.92 Å². The standard InChI is InChI=1S/C8H9FO2/c1-5-3-4-6(9)8(11-2)7(5)10/h3-4,10H,1-2H3. The van der Waals surface area contributed by atoms with Gasteiger partial charge in [0, 0.05) is 0 Å². The van der Waals surface area contributed by atoms with E-state index in [-0.39, 0.29) is 11.5 Å². The molecule has 0 atom stereocenters. The van der Waals surface area contributed by atoms with Gasteiger partial charge in [0.15, 0.2) is 17.3 Å². The van der Waals surface area contributed by atoms with Crippen molar-refractivity contribution in [1.82, 2.24) is 0 Å². The second kappa shape index (κ2) is 2.78. The zero-order chi connectivity index (χ0) is 8.43. The molecule has 0 spiro atoms. The van der Waals surface area contributed by atoms with Gasteiger partial charge in [0.25, 0.3) is 0 Å². The Kier molecular flexibility index (Phi) is 1.98. The van der Waals surface area contributed by atoms with Crippen LogP contribution in [0.1, 0.15) is 5.56 Å². The molecule has 1 aromatic rings. The van der Waals surface area contributed by atoms with Gasteiger partial charge in [0.05, 0.1) is 7.11 Å². The lowest BCUT2D eigenvalue weighted by atomic mass is 10.2. The lowest BCUT2D eigenvalue weighted by Gasteiger charge is -2.05. The maximum atomic E-state index is 12.7. The molecule has 1 aromatic carbocycles. The highest BCUT2D eigenvalue weighted by atomic mass is 19.1. The van der Waals surface area contributed by atoms with Crippen LogP contribution in [0.5, 0.6) is 11.5 Å². The minimum atomic E-state index is -0.546. The van der Waals surface area contributed by atoms with E-state index in [2.05, 4.69) is 4.74 Å². The quantitative estimate of drug-likeness (QED) is 0.672. The molecule has 0 amide bonds. The molecule has 1 rings (SSSR count). The van der Waals surface area contributed by atoms with Crippen molar-refractivity contribution in [1.29, 1.82) is 0 Å². The Morgan fingerprint density at radius 1 is 1.45 bits per heavy atom. The Balaban J connectivity index is 3.29. The van der Waals surface area contributed by atoms with E-state index in [0.717, 1.165) is 0 Å². The van der Waals surface area contributed by atoms with E-state index >= 15 is 0 Å². The van der Waals surface area contributed by atoms with Crippen LogP contribution < -0.4 is 4.74 Å². The largest absolute Gasteiger partial charge is 0.504 e. The number of aromatic hydroxyl groups is 1. The van der Waals surface area contributed by atoms with Gasteiger partial charge in [0.2, 0.25) is 0 Å². The number of hydrogen-bond acceptors (Lipinski definition) is 2. The first kappa shape index (κ1) is 7.85. The maximum absolute atomic E-state index is 12.7. The first-order valence-electron chi connectivity index (χ1n) is 3.19. The van der Waals surface area contributed by atoms with Gasteiger partial charge in [-0.2, -0.15) is 0 Å². The number of halogens is 1. The van der Waals surface area contributed by atoms with Crippen molar-refractivity contribution in [2.24, 2.45) is 0 Å². The summed E-state index contributed by atoms with van der Waals surface area (Å²) in [5.74, 6) is -0.770. The van der Waals surface area contributed by atoms with Crippen molar-refractivity contribution >= 4 is 0 Å². The third kappa shape index (κ3) is 1.27. The monoisotopic (exact) mass is 156 g/mol. The lowest BCUT2D eigenvalue weighted by Crippen LogP contribution is -1.89. The summed E-state index contributed by atoms with van der Waals surface area (Å²) in [5, 5.41) is 9.21. The summed E-state index contributed by atoms with van der Waals surface area (Å²) >= 11 is 0. The lowest BCUT2D eigenvalue weighted by molar-refractivity contribution is 0.349. The molecule has 0 radical (unpaired) electrons. The molecule has 60 valence electrons. The molecule has 0 fully saturated rings. The smallest absolute Gasteiger partial charge is 0.196 e. The van der Waals surface area contributed by atoms with Gasteiger partial charge < -0.3 is 9.84 Å². The number of hydrogen-bond donors (Lipinski definition) is 1. The molecule has 0 aliphatic rings. The summed E-state index contributed by atoms with van der Waals surface area (Å²) in [6, 6.07) is 2.75. The number of aryl methyl sites for hydroxylation is 1. The van der Waals surface area contributed by atoms with Gasteiger partial charge in [-0.15, -0.1) is 0 Å². The number of rotatable bonds is 1. The fraction of sp³-hybridized carbons (Fsp3) is 0.250. The molecular weight excluding hydrogens is 147 g/mol. The average molecular weight is 156 g/mol. The van der Waals surface area contributed by atoms with E-state index in [1.807, 2.05) is 0 Å². The highest BCUT2D eigenvalue weighted by molar-refractivity contribution is 5.45. The van der Waals surface area contributed by atoms with Gasteiger partial charge in [-0.25, -0.2) is 4.39 Å². The molecule has 11 heavy (non-hydrogen) atoms. The van der Waals surface area contributed by atoms with Gasteiger partial charge in [-0.1, -0.05) is 6.07 Å². The SMILES string of the molecule is COc1c(F)ccc(C)c1O. The first-order valence-corrected chi connectivity index (χ1v) is 3.19. The van der Waals surface area contributed by atoms with Crippen LogP contribution in [0.2, 0.25) is 0 Å². The zero-order valence-corrected chi connectivity index (χ0v) is 6.39. The van der Waals surface area contributed by atoms with E-state index in [9.17, 15) is 9.50 Å². The molecule has 0 aromatic heterocycles. The van der Waals surface area contributed by atoms with Crippen molar-refractivity contribution in [2.45, 2.75) is 6.92 Å². The van der Waals surface area contributed by atoms with Gasteiger partial charge >= 0.3 is 0 Å². The summed E-state index contributed by atoms with van der Waals surface area (Å²) in [7, 11) is 1.32. The Bertz CT molecular complexity index is 271. The molecular formula is C8H9FO2. The van der Waals surface area contributed by atoms with E-state index < -0.39 is 5.82 Å². The van der Waals surface area contributed by atoms with Crippen LogP contribution in [0.3, 0.4) is 0 Å². The highest BCUT2D eigenvalue weighted by Gasteiger charge is 2.09. The number of phenols is 1. The first-order chi connectivity index (χ1) is 5.16. The molecule has 0 aliphatic heterocycles. The zero-order valence-electron chi connectivity index (χ0n) is 6.39. The van der Waals surface area contributed by atoms with Crippen LogP contribution in [-0.4, -0.2) is 12.2 Å². The molecule has 0 heterocycles. The fourth-order valence-corrected chi connectivity index (χ4v) is 0.839. The van der Waals surface area contributed by atoms with Gasteiger partial charge in [0.1, 0.15) is 0 Å². The summed E-state index contributed by atoms with van der Waals surface area (Å²) in [6.45, 7) is 1.68. The number of benzene rings is 1. The normalized spacial score (nSPS) is 9.73. The molecule has 3 heteroatoms. The van der Waals surface area contributed by atoms with Crippen molar-refractivity contribution in [3.63, 3.8) is 0 Å². The van der Waals surface area contributed by atoms with Crippen molar-refractivity contribution < 1.29 is 14.2 Å². The second-order valence-corrected chi connectivity index (χ2v) is 2.25. The van der Waals surface area contributed by atoms with Crippen molar-refractivity contribution in [3.8, 4) is 11.5 Å². The van der Waals surface area contributed by atoms with Crippen molar-refractivity contribution in [2.75, 3.05) is 7.11 Å². The maximum Gasteiger partial charge on any atom is 0.196 e. The van der Waals surface area contributed by atoms with E-state index in [0.29, 0.717) is 5.56 Å². The Morgan fingerprint density at radius 2 is 2.09 bits per heavy atom. The average Bonchev–Trinajstić information content (AvgIpc) is 1.99. The summed E-state index contributed by atoms with van der Waals surface area (Å²) in [6.07, 6.45) is 0. The van der Waals surface area contributed by atoms with Gasteiger partial charge in [-0.3, -0.25) is 0 Å². The number of phenolic OH excluding ortho intramolecular Hbond substituents is 1. The van der Waals surface area contributed by atoms with E-state index in [1.165, 1.54) is 19.2 Å². The molecule has 2 nitrogen and oxygen atoms in total. The van der Waals surface area contributed by atoms with Crippen LogP contribution >= 0.6 is 0 Å². The molecule has 0 saturated heterocycles. The van der Waals surface area contributed by atoms with Crippen molar-refractivity contribution in [3.05, 3.63) is 23.5 Å². The summed E-state index contributed by atoms with van der Waals surface area (Å²) in [5.41, 5.74) is 0.600. The molecule has 0 unspecified atom stereocenters. The summed E-state index contributed by atoms with van der Waals surface area (Å²) < 4.78 is 17.4. The number of methoxy groups -OCH3 is 1. The predicted molar refractivity (Wildman–Crippen MR) is 39.4 cm³/mol. The highest BCUT2D eigenvalue weighted by Crippen LogP contribution is 2.31. The van der Waals surface area contributed by atoms with Crippen LogP contribution in [0, 0.1) is 12.7 Å². The Hall–Kier alpha value is -1.25. The third-order valence-corrected chi connectivity index (χ3v) is 1.49. The van der Waals surface area contributed by atoms with Gasteiger partial charge in [-0.05, 0) is 18.6 Å². The Morgan fingerprint density at radius 3 is 2.55 bits per heavy atom.